The van der Waals surface area contributed by atoms with Gasteiger partial charge in [-0.25, -0.2) is 13.1 Å². The Morgan fingerprint density at radius 3 is 2.48 bits per heavy atom. The van der Waals surface area contributed by atoms with Crippen molar-refractivity contribution < 1.29 is 18.4 Å². The molecule has 0 saturated heterocycles. The van der Waals surface area contributed by atoms with Crippen molar-refractivity contribution in [2.24, 2.45) is 0 Å². The smallest absolute Gasteiger partial charge is 0.269 e. The van der Waals surface area contributed by atoms with Crippen LogP contribution in [0.5, 0.6) is 0 Å². The number of benzene rings is 1. The predicted molar refractivity (Wildman–Crippen MR) is 77.6 cm³/mol. The summed E-state index contributed by atoms with van der Waals surface area (Å²) in [6.07, 6.45) is -0.933. The summed E-state index contributed by atoms with van der Waals surface area (Å²) < 4.78 is 26.3. The molecule has 0 amide bonds. The van der Waals surface area contributed by atoms with Gasteiger partial charge in [0.25, 0.3) is 5.69 Å². The highest BCUT2D eigenvalue weighted by molar-refractivity contribution is 7.89. The van der Waals surface area contributed by atoms with Crippen molar-refractivity contribution in [2.45, 2.75) is 11.0 Å². The third kappa shape index (κ3) is 3.85. The molecule has 0 aliphatic heterocycles. The van der Waals surface area contributed by atoms with Gasteiger partial charge >= 0.3 is 0 Å². The van der Waals surface area contributed by atoms with Crippen LogP contribution >= 0.6 is 11.3 Å². The molecule has 0 aliphatic rings. The van der Waals surface area contributed by atoms with Crippen molar-refractivity contribution in [1.82, 2.24) is 4.72 Å². The van der Waals surface area contributed by atoms with Gasteiger partial charge in [-0.3, -0.25) is 10.1 Å². The van der Waals surface area contributed by atoms with E-state index in [1.807, 2.05) is 0 Å². The van der Waals surface area contributed by atoms with Gasteiger partial charge in [-0.1, -0.05) is 6.07 Å². The summed E-state index contributed by atoms with van der Waals surface area (Å²) in [4.78, 5) is 10.5. The monoisotopic (exact) mass is 328 g/mol. The van der Waals surface area contributed by atoms with E-state index < -0.39 is 21.1 Å². The van der Waals surface area contributed by atoms with Gasteiger partial charge < -0.3 is 5.11 Å². The van der Waals surface area contributed by atoms with E-state index in [0.717, 1.165) is 24.3 Å². The minimum Gasteiger partial charge on any atom is -0.386 e. The molecule has 112 valence electrons. The van der Waals surface area contributed by atoms with Gasteiger partial charge in [-0.15, -0.1) is 11.3 Å². The van der Waals surface area contributed by atoms with Crippen LogP contribution in [-0.2, 0) is 10.0 Å². The van der Waals surface area contributed by atoms with Crippen LogP contribution in [0.1, 0.15) is 11.0 Å². The quantitative estimate of drug-likeness (QED) is 0.619. The predicted octanol–water partition coefficient (Wildman–Crippen LogP) is 1.67. The van der Waals surface area contributed by atoms with Crippen molar-refractivity contribution in [3.05, 3.63) is 56.8 Å². The summed E-state index contributed by atoms with van der Waals surface area (Å²) in [5, 5.41) is 22.1. The molecule has 0 aliphatic carbocycles. The molecule has 0 bridgehead atoms. The van der Waals surface area contributed by atoms with Gasteiger partial charge in [0.1, 0.15) is 6.10 Å². The largest absolute Gasteiger partial charge is 0.386 e. The number of hydrogen-bond acceptors (Lipinski definition) is 6. The molecule has 1 heterocycles. The average Bonchev–Trinajstić information content (AvgIpc) is 2.99. The number of non-ortho nitro benzene ring substituents is 1. The molecule has 0 saturated carbocycles. The van der Waals surface area contributed by atoms with E-state index in [1.165, 1.54) is 11.3 Å². The molecule has 0 fully saturated rings. The Morgan fingerprint density at radius 1 is 1.29 bits per heavy atom. The lowest BCUT2D eigenvalue weighted by Gasteiger charge is -2.10. The molecule has 9 heteroatoms. The molecule has 1 unspecified atom stereocenters. The normalized spacial score (nSPS) is 13.0. The molecule has 1 atom stereocenters. The topological polar surface area (TPSA) is 110 Å². The summed E-state index contributed by atoms with van der Waals surface area (Å²) in [6.45, 7) is -0.167. The van der Waals surface area contributed by atoms with E-state index >= 15 is 0 Å². The van der Waals surface area contributed by atoms with E-state index in [4.69, 9.17) is 0 Å². The highest BCUT2D eigenvalue weighted by Gasteiger charge is 2.18. The number of nitrogens with one attached hydrogen (secondary N) is 1. The van der Waals surface area contributed by atoms with Gasteiger partial charge in [0.15, 0.2) is 0 Å². The Bertz CT molecular complexity index is 711. The zero-order valence-corrected chi connectivity index (χ0v) is 12.3. The van der Waals surface area contributed by atoms with Gasteiger partial charge in [-0.05, 0) is 23.6 Å². The molecule has 1 aromatic carbocycles. The Kier molecular flexibility index (Phi) is 4.68. The number of nitro benzene ring substituents is 1. The van der Waals surface area contributed by atoms with Crippen LogP contribution in [0.4, 0.5) is 5.69 Å². The first-order valence-electron chi connectivity index (χ1n) is 5.86. The Hall–Kier alpha value is -1.81. The number of aliphatic hydroxyl groups is 1. The fourth-order valence-corrected chi connectivity index (χ4v) is 3.35. The molecule has 1 aromatic heterocycles. The maximum absolute atomic E-state index is 12.0. The van der Waals surface area contributed by atoms with Crippen LogP contribution in [0, 0.1) is 10.1 Å². The van der Waals surface area contributed by atoms with E-state index in [1.54, 1.807) is 17.5 Å². The summed E-state index contributed by atoms with van der Waals surface area (Å²) >= 11 is 1.32. The summed E-state index contributed by atoms with van der Waals surface area (Å²) in [5.74, 6) is 0. The van der Waals surface area contributed by atoms with Crippen molar-refractivity contribution in [3.8, 4) is 0 Å². The highest BCUT2D eigenvalue weighted by Crippen LogP contribution is 2.19. The minimum atomic E-state index is -3.82. The molecular formula is C12H12N2O5S2. The summed E-state index contributed by atoms with van der Waals surface area (Å²) in [5.41, 5.74) is -0.187. The fourth-order valence-electron chi connectivity index (χ4n) is 1.60. The van der Waals surface area contributed by atoms with Crippen molar-refractivity contribution in [3.63, 3.8) is 0 Å². The van der Waals surface area contributed by atoms with Crippen LogP contribution in [-0.4, -0.2) is 25.0 Å². The number of nitrogens with zero attached hydrogens (tertiary/aromatic N) is 1. The lowest BCUT2D eigenvalue weighted by Crippen LogP contribution is -2.28. The Balaban J connectivity index is 2.06. The van der Waals surface area contributed by atoms with Crippen molar-refractivity contribution in [2.75, 3.05) is 6.54 Å². The Morgan fingerprint density at radius 2 is 1.95 bits per heavy atom. The second-order valence-electron chi connectivity index (χ2n) is 4.13. The van der Waals surface area contributed by atoms with Crippen LogP contribution in [0.25, 0.3) is 0 Å². The maximum atomic E-state index is 12.0. The SMILES string of the molecule is O=[N+]([O-])c1ccc(S(=O)(=O)NCC(O)c2cccs2)cc1. The van der Waals surface area contributed by atoms with Crippen molar-refractivity contribution in [1.29, 1.82) is 0 Å². The number of sulfonamides is 1. The molecule has 2 rings (SSSR count). The summed E-state index contributed by atoms with van der Waals surface area (Å²) in [6, 6.07) is 7.99. The number of aliphatic hydroxyl groups excluding tert-OH is 1. The zero-order chi connectivity index (χ0) is 15.5. The standard InChI is InChI=1S/C12H12N2O5S2/c15-11(12-2-1-7-20-12)8-13-21(18,19)10-5-3-9(4-6-10)14(16)17/h1-7,11,13,15H,8H2. The molecule has 2 N–H and O–H groups in total. The number of hydrogen-bond donors (Lipinski definition) is 2. The maximum Gasteiger partial charge on any atom is 0.269 e. The zero-order valence-electron chi connectivity index (χ0n) is 10.7. The van der Waals surface area contributed by atoms with Gasteiger partial charge in [0.05, 0.1) is 9.82 Å². The lowest BCUT2D eigenvalue weighted by atomic mass is 10.3. The van der Waals surface area contributed by atoms with Crippen LogP contribution < -0.4 is 4.72 Å². The highest BCUT2D eigenvalue weighted by atomic mass is 32.2. The third-order valence-electron chi connectivity index (χ3n) is 2.70. The lowest BCUT2D eigenvalue weighted by molar-refractivity contribution is -0.384. The summed E-state index contributed by atoms with van der Waals surface area (Å²) in [7, 11) is -3.82. The first-order valence-corrected chi connectivity index (χ1v) is 8.22. The van der Waals surface area contributed by atoms with E-state index in [2.05, 4.69) is 4.72 Å². The van der Waals surface area contributed by atoms with Crippen LogP contribution in [0.3, 0.4) is 0 Å². The van der Waals surface area contributed by atoms with E-state index in [0.29, 0.717) is 4.88 Å². The molecular weight excluding hydrogens is 316 g/mol. The fraction of sp³-hybridized carbons (Fsp3) is 0.167. The van der Waals surface area contributed by atoms with Crippen LogP contribution in [0.2, 0.25) is 0 Å². The second kappa shape index (κ2) is 6.31. The number of rotatable bonds is 6. The van der Waals surface area contributed by atoms with E-state index in [9.17, 15) is 23.6 Å². The molecule has 0 spiro atoms. The average molecular weight is 328 g/mol. The minimum absolute atomic E-state index is 0.0912. The molecule has 0 radical (unpaired) electrons. The van der Waals surface area contributed by atoms with Gasteiger partial charge in [-0.2, -0.15) is 0 Å². The van der Waals surface area contributed by atoms with Crippen LogP contribution in [0.15, 0.2) is 46.7 Å². The first-order chi connectivity index (χ1) is 9.90. The van der Waals surface area contributed by atoms with Gasteiger partial charge in [0.2, 0.25) is 10.0 Å². The first kappa shape index (κ1) is 15.6. The Labute approximate surface area is 125 Å². The molecule has 21 heavy (non-hydrogen) atoms. The van der Waals surface area contributed by atoms with Crippen molar-refractivity contribution >= 4 is 27.0 Å². The van der Waals surface area contributed by atoms with Gasteiger partial charge in [0, 0.05) is 23.6 Å². The molecule has 7 nitrogen and oxygen atoms in total. The third-order valence-corrected chi connectivity index (χ3v) is 5.11. The second-order valence-corrected chi connectivity index (χ2v) is 6.88. The van der Waals surface area contributed by atoms with E-state index in [-0.39, 0.29) is 17.1 Å². The number of nitro groups is 1. The number of thiophene rings is 1. The molecule has 2 aromatic rings.